The molecule has 4 unspecified atom stereocenters. The molecule has 0 aromatic carbocycles. The molecule has 9 nitrogen and oxygen atoms in total. The van der Waals surface area contributed by atoms with Crippen molar-refractivity contribution in [2.24, 2.45) is 0 Å². The Hall–Kier alpha value is -1.81. The lowest BCUT2D eigenvalue weighted by atomic mass is 10.1. The van der Waals surface area contributed by atoms with Crippen molar-refractivity contribution >= 4 is 11.2 Å². The molecule has 1 fully saturated rings. The molecular formula is C12H16N4O5. The van der Waals surface area contributed by atoms with Gasteiger partial charge in [-0.25, -0.2) is 9.97 Å². The average Bonchev–Trinajstić information content (AvgIpc) is 3.03. The number of hydrogen-bond acceptors (Lipinski definition) is 8. The number of aliphatic hydroxyl groups is 3. The van der Waals surface area contributed by atoms with E-state index < -0.39 is 31.1 Å². The molecule has 1 saturated heterocycles. The molecule has 0 amide bonds. The van der Waals surface area contributed by atoms with Crippen LogP contribution in [0.2, 0.25) is 0 Å². The number of aliphatic hydroxyl groups excluding tert-OH is 3. The zero-order valence-electron chi connectivity index (χ0n) is 11.3. The summed E-state index contributed by atoms with van der Waals surface area (Å²) in [6.45, 7) is 1.84. The van der Waals surface area contributed by atoms with Gasteiger partial charge in [0.15, 0.2) is 17.4 Å². The van der Waals surface area contributed by atoms with E-state index in [1.165, 1.54) is 17.2 Å². The van der Waals surface area contributed by atoms with Crippen LogP contribution in [0.5, 0.6) is 5.88 Å². The molecule has 2 aromatic rings. The first kappa shape index (κ1) is 14.1. The van der Waals surface area contributed by atoms with Crippen LogP contribution in [0.25, 0.3) is 11.2 Å². The Bertz CT molecular complexity index is 633. The van der Waals surface area contributed by atoms with Crippen LogP contribution in [0.15, 0.2) is 12.7 Å². The molecule has 0 aliphatic carbocycles. The largest absolute Gasteiger partial charge is 0.476 e. The van der Waals surface area contributed by atoms with Crippen molar-refractivity contribution in [1.29, 1.82) is 0 Å². The van der Waals surface area contributed by atoms with Crippen LogP contribution >= 0.6 is 0 Å². The molecule has 114 valence electrons. The van der Waals surface area contributed by atoms with Gasteiger partial charge in [0.1, 0.15) is 31.0 Å². The van der Waals surface area contributed by atoms with E-state index >= 15 is 0 Å². The fourth-order valence-electron chi connectivity index (χ4n) is 2.39. The van der Waals surface area contributed by atoms with E-state index in [2.05, 4.69) is 15.0 Å². The van der Waals surface area contributed by atoms with Crippen LogP contribution in [-0.2, 0) is 4.74 Å². The molecule has 3 heterocycles. The van der Waals surface area contributed by atoms with Crippen molar-refractivity contribution in [2.75, 3.05) is 13.2 Å². The lowest BCUT2D eigenvalue weighted by molar-refractivity contribution is -0.0510. The minimum absolute atomic E-state index is 0.317. The summed E-state index contributed by atoms with van der Waals surface area (Å²) in [6, 6.07) is 0. The van der Waals surface area contributed by atoms with Gasteiger partial charge in [0.05, 0.1) is 13.2 Å². The lowest BCUT2D eigenvalue weighted by Crippen LogP contribution is -2.33. The summed E-state index contributed by atoms with van der Waals surface area (Å²) in [5, 5.41) is 29.1. The van der Waals surface area contributed by atoms with Gasteiger partial charge in [-0.2, -0.15) is 4.98 Å². The number of rotatable bonds is 4. The first-order valence-corrected chi connectivity index (χ1v) is 6.60. The minimum atomic E-state index is -1.20. The molecule has 4 atom stereocenters. The van der Waals surface area contributed by atoms with E-state index in [1.54, 1.807) is 0 Å². The number of hydrogen-bond donors (Lipinski definition) is 3. The van der Waals surface area contributed by atoms with Crippen molar-refractivity contribution < 1.29 is 24.8 Å². The van der Waals surface area contributed by atoms with Crippen molar-refractivity contribution in [3.8, 4) is 5.88 Å². The maximum absolute atomic E-state index is 10.1. The maximum Gasteiger partial charge on any atom is 0.243 e. The van der Waals surface area contributed by atoms with E-state index in [4.69, 9.17) is 14.6 Å². The second-order valence-corrected chi connectivity index (χ2v) is 4.66. The fraction of sp³-hybridized carbons (Fsp3) is 0.583. The second kappa shape index (κ2) is 5.53. The first-order valence-electron chi connectivity index (χ1n) is 6.60. The molecule has 0 bridgehead atoms. The predicted molar refractivity (Wildman–Crippen MR) is 69.5 cm³/mol. The summed E-state index contributed by atoms with van der Waals surface area (Å²) in [6.07, 6.45) is -1.37. The van der Waals surface area contributed by atoms with E-state index in [9.17, 15) is 10.2 Å². The Labute approximate surface area is 119 Å². The zero-order valence-corrected chi connectivity index (χ0v) is 11.3. The Kier molecular flexibility index (Phi) is 3.72. The highest BCUT2D eigenvalue weighted by Crippen LogP contribution is 2.33. The highest BCUT2D eigenvalue weighted by molar-refractivity contribution is 5.76. The molecule has 3 N–H and O–H groups in total. The third-order valence-corrected chi connectivity index (χ3v) is 3.40. The molecule has 21 heavy (non-hydrogen) atoms. The Morgan fingerprint density at radius 3 is 2.76 bits per heavy atom. The monoisotopic (exact) mass is 296 g/mol. The number of imidazole rings is 1. The van der Waals surface area contributed by atoms with E-state index in [0.29, 0.717) is 23.7 Å². The second-order valence-electron chi connectivity index (χ2n) is 4.66. The quantitative estimate of drug-likeness (QED) is 0.645. The van der Waals surface area contributed by atoms with Crippen LogP contribution < -0.4 is 4.74 Å². The van der Waals surface area contributed by atoms with Crippen LogP contribution in [0.3, 0.4) is 0 Å². The minimum Gasteiger partial charge on any atom is -0.476 e. The van der Waals surface area contributed by atoms with Gasteiger partial charge in [0.2, 0.25) is 5.88 Å². The highest BCUT2D eigenvalue weighted by atomic mass is 16.6. The molecule has 1 aliphatic rings. The van der Waals surface area contributed by atoms with Crippen LogP contribution in [-0.4, -0.2) is 66.4 Å². The molecular weight excluding hydrogens is 280 g/mol. The molecule has 3 rings (SSSR count). The normalized spacial score (nSPS) is 29.1. The first-order chi connectivity index (χ1) is 10.2. The summed E-state index contributed by atoms with van der Waals surface area (Å²) >= 11 is 0. The number of fused-ring (bicyclic) bond motifs is 1. The van der Waals surface area contributed by atoms with Crippen molar-refractivity contribution in [1.82, 2.24) is 19.5 Å². The van der Waals surface area contributed by atoms with Crippen LogP contribution in [0, 0.1) is 0 Å². The smallest absolute Gasteiger partial charge is 0.243 e. The molecule has 1 aliphatic heterocycles. The Morgan fingerprint density at radius 1 is 1.29 bits per heavy atom. The van der Waals surface area contributed by atoms with Gasteiger partial charge in [-0.3, -0.25) is 4.57 Å². The van der Waals surface area contributed by atoms with Gasteiger partial charge in [-0.15, -0.1) is 0 Å². The van der Waals surface area contributed by atoms with Crippen LogP contribution in [0.1, 0.15) is 13.2 Å². The fourth-order valence-corrected chi connectivity index (χ4v) is 2.39. The van der Waals surface area contributed by atoms with Crippen molar-refractivity contribution in [2.45, 2.75) is 31.5 Å². The third-order valence-electron chi connectivity index (χ3n) is 3.40. The summed E-state index contributed by atoms with van der Waals surface area (Å²) in [4.78, 5) is 12.2. The topological polar surface area (TPSA) is 123 Å². The summed E-state index contributed by atoms with van der Waals surface area (Å²) in [5.74, 6) is 0.317. The van der Waals surface area contributed by atoms with Crippen molar-refractivity contribution in [3.05, 3.63) is 12.7 Å². The van der Waals surface area contributed by atoms with Gasteiger partial charge in [0, 0.05) is 0 Å². The van der Waals surface area contributed by atoms with E-state index in [-0.39, 0.29) is 0 Å². The average molecular weight is 296 g/mol. The lowest BCUT2D eigenvalue weighted by Gasteiger charge is -2.17. The van der Waals surface area contributed by atoms with Crippen LogP contribution in [0.4, 0.5) is 0 Å². The molecule has 2 aromatic heterocycles. The van der Waals surface area contributed by atoms with E-state index in [1.807, 2.05) is 6.92 Å². The van der Waals surface area contributed by atoms with Gasteiger partial charge in [-0.1, -0.05) is 0 Å². The van der Waals surface area contributed by atoms with Crippen molar-refractivity contribution in [3.63, 3.8) is 0 Å². The third kappa shape index (κ3) is 2.23. The molecule has 9 heteroatoms. The van der Waals surface area contributed by atoms with Gasteiger partial charge < -0.3 is 24.8 Å². The van der Waals surface area contributed by atoms with Gasteiger partial charge >= 0.3 is 0 Å². The SMILES string of the molecule is CCOc1ncnc2ncn(C3OC(CO)C(O)C3O)c12. The number of ether oxygens (including phenoxy) is 2. The zero-order chi connectivity index (χ0) is 15.0. The summed E-state index contributed by atoms with van der Waals surface area (Å²) < 4.78 is 12.4. The standard InChI is InChI=1S/C12H16N4O5/c1-2-20-11-7-10(13-4-14-11)15-5-16(7)12-9(19)8(18)6(3-17)21-12/h4-6,8-9,12,17-19H,2-3H2,1H3. The predicted octanol–water partition coefficient (Wildman–Crippen LogP) is -1.16. The summed E-state index contributed by atoms with van der Waals surface area (Å²) in [5.41, 5.74) is 0.861. The number of aromatic nitrogens is 4. The Balaban J connectivity index is 2.05. The highest BCUT2D eigenvalue weighted by Gasteiger charge is 2.44. The molecule has 0 saturated carbocycles. The summed E-state index contributed by atoms with van der Waals surface area (Å²) in [7, 11) is 0. The molecule has 0 radical (unpaired) electrons. The van der Waals surface area contributed by atoms with E-state index in [0.717, 1.165) is 0 Å². The maximum atomic E-state index is 10.1. The van der Waals surface area contributed by atoms with Gasteiger partial charge in [0.25, 0.3) is 0 Å². The molecule has 0 spiro atoms. The van der Waals surface area contributed by atoms with Gasteiger partial charge in [-0.05, 0) is 6.92 Å². The Morgan fingerprint density at radius 2 is 2.10 bits per heavy atom. The number of nitrogens with zero attached hydrogens (tertiary/aromatic N) is 4.